The van der Waals surface area contributed by atoms with Gasteiger partial charge in [0.05, 0.1) is 36.4 Å². The summed E-state index contributed by atoms with van der Waals surface area (Å²) in [6, 6.07) is 9.52. The number of nitrogens with one attached hydrogen (secondary N) is 1. The van der Waals surface area contributed by atoms with E-state index in [2.05, 4.69) is 5.32 Å². The molecule has 0 saturated carbocycles. The van der Waals surface area contributed by atoms with Gasteiger partial charge in [-0.25, -0.2) is 8.42 Å². The fourth-order valence-corrected chi connectivity index (χ4v) is 4.62. The van der Waals surface area contributed by atoms with E-state index in [-0.39, 0.29) is 11.7 Å². The fourth-order valence-electron chi connectivity index (χ4n) is 2.85. The topological polar surface area (TPSA) is 84.9 Å². The molecule has 0 aliphatic carbocycles. The van der Waals surface area contributed by atoms with E-state index in [1.165, 1.54) is 18.5 Å². The molecule has 1 aliphatic heterocycles. The Hall–Kier alpha value is -2.45. The van der Waals surface area contributed by atoms with Crippen molar-refractivity contribution in [2.24, 2.45) is 0 Å². The highest BCUT2D eigenvalue weighted by Gasteiger charge is 2.28. The van der Waals surface area contributed by atoms with E-state index in [0.29, 0.717) is 46.4 Å². The summed E-state index contributed by atoms with van der Waals surface area (Å²) >= 11 is 6.19. The zero-order valence-electron chi connectivity index (χ0n) is 14.9. The Morgan fingerprint density at radius 2 is 1.74 bits per heavy atom. The van der Waals surface area contributed by atoms with Gasteiger partial charge in [0, 0.05) is 24.2 Å². The normalized spacial score (nSPS) is 15.4. The van der Waals surface area contributed by atoms with Crippen LogP contribution < -0.4 is 19.1 Å². The molecule has 0 radical (unpaired) electrons. The molecule has 0 unspecified atom stereocenters. The van der Waals surface area contributed by atoms with Gasteiger partial charge in [-0.1, -0.05) is 11.6 Å². The number of hydrogen-bond acceptors (Lipinski definition) is 5. The zero-order valence-corrected chi connectivity index (χ0v) is 16.4. The summed E-state index contributed by atoms with van der Waals surface area (Å²) in [5, 5.41) is 3.03. The highest BCUT2D eigenvalue weighted by Crippen LogP contribution is 2.36. The molecule has 3 rings (SSSR count). The van der Waals surface area contributed by atoms with Gasteiger partial charge < -0.3 is 14.8 Å². The van der Waals surface area contributed by atoms with Gasteiger partial charge in [0.25, 0.3) is 5.91 Å². The number of nitrogens with zero attached hydrogens (tertiary/aromatic N) is 1. The highest BCUT2D eigenvalue weighted by atomic mass is 35.5. The van der Waals surface area contributed by atoms with Crippen LogP contribution in [0.25, 0.3) is 0 Å². The first-order valence-corrected chi connectivity index (χ1v) is 10.2. The second kappa shape index (κ2) is 7.66. The number of anilines is 2. The van der Waals surface area contributed by atoms with Gasteiger partial charge in [-0.05, 0) is 30.7 Å². The molecule has 0 aromatic heterocycles. The number of halogens is 1. The van der Waals surface area contributed by atoms with E-state index in [4.69, 9.17) is 21.1 Å². The van der Waals surface area contributed by atoms with Gasteiger partial charge in [0.1, 0.15) is 0 Å². The van der Waals surface area contributed by atoms with Crippen LogP contribution in [-0.4, -0.2) is 40.8 Å². The molecule has 1 aliphatic rings. The number of rotatable bonds is 5. The number of benzene rings is 2. The van der Waals surface area contributed by atoms with Crippen molar-refractivity contribution in [1.82, 2.24) is 0 Å². The summed E-state index contributed by atoms with van der Waals surface area (Å²) in [7, 11) is -0.269. The van der Waals surface area contributed by atoms with E-state index in [1.807, 2.05) is 0 Å². The SMILES string of the molecule is COc1cc(Cl)c(NC(=O)c2ccc(N3CCCS3(=O)=O)cc2)cc1OC. The third kappa shape index (κ3) is 3.96. The monoisotopic (exact) mass is 410 g/mol. The van der Waals surface area contributed by atoms with Gasteiger partial charge in [-0.3, -0.25) is 9.10 Å². The first kappa shape index (κ1) is 19.3. The quantitative estimate of drug-likeness (QED) is 0.818. The molecule has 2 aromatic rings. The maximum Gasteiger partial charge on any atom is 0.255 e. The van der Waals surface area contributed by atoms with Crippen molar-refractivity contribution in [1.29, 1.82) is 0 Å². The maximum atomic E-state index is 12.5. The van der Waals surface area contributed by atoms with Crippen LogP contribution in [-0.2, 0) is 10.0 Å². The molecule has 1 amide bonds. The molecular formula is C18H19ClN2O5S. The zero-order chi connectivity index (χ0) is 19.6. The number of amides is 1. The lowest BCUT2D eigenvalue weighted by atomic mass is 10.2. The molecule has 0 atom stereocenters. The molecule has 9 heteroatoms. The summed E-state index contributed by atoms with van der Waals surface area (Å²) in [6.45, 7) is 0.453. The maximum absolute atomic E-state index is 12.5. The van der Waals surface area contributed by atoms with Gasteiger partial charge in [-0.15, -0.1) is 0 Å². The molecule has 2 aromatic carbocycles. The summed E-state index contributed by atoms with van der Waals surface area (Å²) in [4.78, 5) is 12.5. The lowest BCUT2D eigenvalue weighted by Gasteiger charge is -2.17. The molecule has 1 fully saturated rings. The highest BCUT2D eigenvalue weighted by molar-refractivity contribution is 7.93. The van der Waals surface area contributed by atoms with Crippen molar-refractivity contribution in [3.63, 3.8) is 0 Å². The number of carbonyl (C=O) groups is 1. The molecule has 1 heterocycles. The van der Waals surface area contributed by atoms with Crippen molar-refractivity contribution in [2.45, 2.75) is 6.42 Å². The van der Waals surface area contributed by atoms with Crippen molar-refractivity contribution in [3.05, 3.63) is 47.0 Å². The molecule has 1 saturated heterocycles. The van der Waals surface area contributed by atoms with Crippen LogP contribution >= 0.6 is 11.6 Å². The number of methoxy groups -OCH3 is 2. The number of carbonyl (C=O) groups excluding carboxylic acids is 1. The average molecular weight is 411 g/mol. The van der Waals surface area contributed by atoms with Crippen LogP contribution in [0.2, 0.25) is 5.02 Å². The van der Waals surface area contributed by atoms with Gasteiger partial charge in [-0.2, -0.15) is 0 Å². The Labute approximate surface area is 162 Å². The third-order valence-electron chi connectivity index (χ3n) is 4.24. The minimum atomic E-state index is -3.25. The second-order valence-corrected chi connectivity index (χ2v) is 8.35. The molecule has 7 nitrogen and oxygen atoms in total. The lowest BCUT2D eigenvalue weighted by Crippen LogP contribution is -2.25. The van der Waals surface area contributed by atoms with E-state index in [0.717, 1.165) is 0 Å². The van der Waals surface area contributed by atoms with E-state index < -0.39 is 10.0 Å². The van der Waals surface area contributed by atoms with Gasteiger partial charge in [0.15, 0.2) is 11.5 Å². The minimum absolute atomic E-state index is 0.146. The number of hydrogen-bond donors (Lipinski definition) is 1. The van der Waals surface area contributed by atoms with Crippen LogP contribution in [0.5, 0.6) is 11.5 Å². The van der Waals surface area contributed by atoms with Crippen LogP contribution in [0.15, 0.2) is 36.4 Å². The summed E-state index contributed by atoms with van der Waals surface area (Å²) in [5.74, 6) is 0.663. The van der Waals surface area contributed by atoms with Crippen LogP contribution in [0.1, 0.15) is 16.8 Å². The summed E-state index contributed by atoms with van der Waals surface area (Å²) in [6.07, 6.45) is 0.600. The van der Waals surface area contributed by atoms with Crippen molar-refractivity contribution in [2.75, 3.05) is 36.1 Å². The minimum Gasteiger partial charge on any atom is -0.493 e. The predicted octanol–water partition coefficient (Wildman–Crippen LogP) is 3.15. The average Bonchev–Trinajstić information content (AvgIpc) is 3.02. The van der Waals surface area contributed by atoms with E-state index in [9.17, 15) is 13.2 Å². The number of sulfonamides is 1. The van der Waals surface area contributed by atoms with Gasteiger partial charge >= 0.3 is 0 Å². The Morgan fingerprint density at radius 1 is 1.11 bits per heavy atom. The Kier molecular flexibility index (Phi) is 5.48. The Balaban J connectivity index is 1.79. The second-order valence-electron chi connectivity index (χ2n) is 5.93. The molecule has 144 valence electrons. The third-order valence-corrected chi connectivity index (χ3v) is 6.42. The molecule has 27 heavy (non-hydrogen) atoms. The Morgan fingerprint density at radius 3 is 2.30 bits per heavy atom. The van der Waals surface area contributed by atoms with Crippen LogP contribution in [0.4, 0.5) is 11.4 Å². The molecular weight excluding hydrogens is 392 g/mol. The first-order valence-electron chi connectivity index (χ1n) is 8.19. The van der Waals surface area contributed by atoms with E-state index >= 15 is 0 Å². The number of ether oxygens (including phenoxy) is 2. The Bertz CT molecular complexity index is 960. The lowest BCUT2D eigenvalue weighted by molar-refractivity contribution is 0.102. The van der Waals surface area contributed by atoms with Crippen LogP contribution in [0, 0.1) is 0 Å². The predicted molar refractivity (Wildman–Crippen MR) is 105 cm³/mol. The van der Waals surface area contributed by atoms with Gasteiger partial charge in [0.2, 0.25) is 10.0 Å². The van der Waals surface area contributed by atoms with Crippen molar-refractivity contribution < 1.29 is 22.7 Å². The van der Waals surface area contributed by atoms with E-state index in [1.54, 1.807) is 36.4 Å². The summed E-state index contributed by atoms with van der Waals surface area (Å²) in [5.41, 5.74) is 1.31. The smallest absolute Gasteiger partial charge is 0.255 e. The first-order chi connectivity index (χ1) is 12.9. The van der Waals surface area contributed by atoms with Crippen molar-refractivity contribution in [3.8, 4) is 11.5 Å². The molecule has 0 bridgehead atoms. The summed E-state index contributed by atoms with van der Waals surface area (Å²) < 4.78 is 35.7. The fraction of sp³-hybridized carbons (Fsp3) is 0.278. The van der Waals surface area contributed by atoms with Crippen LogP contribution in [0.3, 0.4) is 0 Å². The standard InChI is InChI=1S/C18H19ClN2O5S/c1-25-16-10-14(19)15(11-17(16)26-2)20-18(22)12-4-6-13(7-5-12)21-8-3-9-27(21,23)24/h4-7,10-11H,3,8-9H2,1-2H3,(H,20,22). The largest absolute Gasteiger partial charge is 0.493 e. The molecule has 0 spiro atoms. The van der Waals surface area contributed by atoms with Crippen molar-refractivity contribution >= 4 is 38.9 Å². The molecule has 1 N–H and O–H groups in total.